The average molecular weight is 362 g/mol. The van der Waals surface area contributed by atoms with Crippen molar-refractivity contribution in [3.8, 4) is 39.6 Å². The molecule has 27 heavy (non-hydrogen) atoms. The van der Waals surface area contributed by atoms with E-state index in [1.165, 1.54) is 0 Å². The van der Waals surface area contributed by atoms with Crippen molar-refractivity contribution in [3.63, 3.8) is 0 Å². The van der Waals surface area contributed by atoms with Crippen molar-refractivity contribution in [3.05, 3.63) is 59.3 Å². The largest absolute Gasteiger partial charge is 0.496 e. The standard InChI is InChI=1S/C23H24NO3/c1-14-11-17(7-9-19(14)25-4)21-16(3)13-24-23(27-6)22(21)18-8-10-20(26-5)15(2)12-18/h7-12H,1-6H3. The Balaban J connectivity index is 2.29. The summed E-state index contributed by atoms with van der Waals surface area (Å²) < 4.78 is 16.4. The van der Waals surface area contributed by atoms with Gasteiger partial charge in [0.05, 0.1) is 33.1 Å². The molecule has 0 spiro atoms. The van der Waals surface area contributed by atoms with Crippen LogP contribution in [0.2, 0.25) is 0 Å². The fourth-order valence-electron chi connectivity index (χ4n) is 3.39. The third-order valence-electron chi connectivity index (χ3n) is 4.72. The van der Waals surface area contributed by atoms with Crippen molar-refractivity contribution in [1.29, 1.82) is 0 Å². The monoisotopic (exact) mass is 362 g/mol. The summed E-state index contributed by atoms with van der Waals surface area (Å²) in [6.45, 7) is 6.08. The van der Waals surface area contributed by atoms with E-state index < -0.39 is 0 Å². The highest BCUT2D eigenvalue weighted by molar-refractivity contribution is 5.89. The number of rotatable bonds is 5. The Bertz CT molecular complexity index is 980. The summed E-state index contributed by atoms with van der Waals surface area (Å²) in [5.74, 6) is 2.27. The predicted octanol–water partition coefficient (Wildman–Crippen LogP) is 5.17. The van der Waals surface area contributed by atoms with Gasteiger partial charge in [-0.25, -0.2) is 4.98 Å². The summed E-state index contributed by atoms with van der Waals surface area (Å²) in [6, 6.07) is 12.3. The van der Waals surface area contributed by atoms with Crippen LogP contribution in [-0.4, -0.2) is 26.3 Å². The van der Waals surface area contributed by atoms with Gasteiger partial charge >= 0.3 is 0 Å². The molecule has 3 aromatic rings. The smallest absolute Gasteiger partial charge is 0.222 e. The van der Waals surface area contributed by atoms with Crippen LogP contribution in [0.5, 0.6) is 17.4 Å². The van der Waals surface area contributed by atoms with Gasteiger partial charge in [-0.2, -0.15) is 0 Å². The molecule has 1 aromatic heterocycles. The molecule has 4 heteroatoms. The van der Waals surface area contributed by atoms with Crippen LogP contribution in [0.4, 0.5) is 0 Å². The molecule has 139 valence electrons. The number of ether oxygens (including phenoxy) is 3. The number of methoxy groups -OCH3 is 3. The molecule has 1 heterocycles. The molecule has 1 radical (unpaired) electrons. The van der Waals surface area contributed by atoms with Gasteiger partial charge in [0, 0.05) is 5.56 Å². The molecule has 2 aromatic carbocycles. The molecule has 4 nitrogen and oxygen atoms in total. The zero-order valence-corrected chi connectivity index (χ0v) is 16.6. The number of hydrogen-bond donors (Lipinski definition) is 0. The average Bonchev–Trinajstić information content (AvgIpc) is 2.67. The molecule has 0 amide bonds. The van der Waals surface area contributed by atoms with E-state index in [1.807, 2.05) is 39.0 Å². The van der Waals surface area contributed by atoms with Gasteiger partial charge in [0.15, 0.2) is 0 Å². The molecule has 0 atom stereocenters. The van der Waals surface area contributed by atoms with Crippen LogP contribution in [-0.2, 0) is 0 Å². The summed E-state index contributed by atoms with van der Waals surface area (Å²) in [6.07, 6.45) is 3.08. The van der Waals surface area contributed by atoms with Gasteiger partial charge in [0.2, 0.25) is 5.88 Å². The third-order valence-corrected chi connectivity index (χ3v) is 4.72. The van der Waals surface area contributed by atoms with Crippen LogP contribution < -0.4 is 14.2 Å². The molecule has 0 aliphatic rings. The van der Waals surface area contributed by atoms with Crippen molar-refractivity contribution >= 4 is 0 Å². The van der Waals surface area contributed by atoms with Crippen LogP contribution >= 0.6 is 0 Å². The minimum atomic E-state index is 0.550. The van der Waals surface area contributed by atoms with Crippen LogP contribution in [0.25, 0.3) is 22.3 Å². The zero-order valence-electron chi connectivity index (χ0n) is 16.6. The quantitative estimate of drug-likeness (QED) is 0.628. The minimum Gasteiger partial charge on any atom is -0.496 e. The third kappa shape index (κ3) is 3.47. The topological polar surface area (TPSA) is 40.6 Å². The van der Waals surface area contributed by atoms with Crippen molar-refractivity contribution < 1.29 is 14.2 Å². The predicted molar refractivity (Wildman–Crippen MR) is 108 cm³/mol. The molecule has 0 N–H and O–H groups in total. The Morgan fingerprint density at radius 2 is 1.22 bits per heavy atom. The summed E-state index contributed by atoms with van der Waals surface area (Å²) >= 11 is 0. The number of hydrogen-bond acceptors (Lipinski definition) is 4. The fourth-order valence-corrected chi connectivity index (χ4v) is 3.39. The van der Waals surface area contributed by atoms with E-state index in [2.05, 4.69) is 29.4 Å². The lowest BCUT2D eigenvalue weighted by molar-refractivity contribution is 0.399. The van der Waals surface area contributed by atoms with Gasteiger partial charge in [-0.1, -0.05) is 12.1 Å². The summed E-state index contributed by atoms with van der Waals surface area (Å²) in [4.78, 5) is 4.38. The highest BCUT2D eigenvalue weighted by Crippen LogP contribution is 2.41. The highest BCUT2D eigenvalue weighted by atomic mass is 16.5. The SMILES string of the molecule is COc1ccc(-c2c(C)[c]nc(OC)c2-c2ccc(OC)c(C)c2)cc1C. The number of aryl methyl sites for hydroxylation is 3. The summed E-state index contributed by atoms with van der Waals surface area (Å²) in [7, 11) is 4.99. The maximum absolute atomic E-state index is 5.59. The number of benzene rings is 2. The first-order chi connectivity index (χ1) is 13.0. The first-order valence-corrected chi connectivity index (χ1v) is 8.76. The van der Waals surface area contributed by atoms with Crippen LogP contribution in [0.3, 0.4) is 0 Å². The maximum atomic E-state index is 5.59. The van der Waals surface area contributed by atoms with E-state index >= 15 is 0 Å². The second-order valence-electron chi connectivity index (χ2n) is 6.48. The zero-order chi connectivity index (χ0) is 19.6. The lowest BCUT2D eigenvalue weighted by Gasteiger charge is -2.18. The van der Waals surface area contributed by atoms with Crippen molar-refractivity contribution in [1.82, 2.24) is 4.98 Å². The van der Waals surface area contributed by atoms with Crippen molar-refractivity contribution in [2.24, 2.45) is 0 Å². The Hall–Kier alpha value is -3.01. The lowest BCUT2D eigenvalue weighted by Crippen LogP contribution is -1.99. The first-order valence-electron chi connectivity index (χ1n) is 8.76. The van der Waals surface area contributed by atoms with Gasteiger partial charge in [0.1, 0.15) is 11.5 Å². The Kier molecular flexibility index (Phi) is 5.36. The minimum absolute atomic E-state index is 0.550. The van der Waals surface area contributed by atoms with E-state index in [0.29, 0.717) is 5.88 Å². The molecule has 0 unspecified atom stereocenters. The maximum Gasteiger partial charge on any atom is 0.222 e. The van der Waals surface area contributed by atoms with E-state index in [0.717, 1.165) is 50.4 Å². The van der Waals surface area contributed by atoms with E-state index in [1.54, 1.807) is 21.3 Å². The van der Waals surface area contributed by atoms with E-state index in [9.17, 15) is 0 Å². The Morgan fingerprint density at radius 1 is 0.704 bits per heavy atom. The molecular formula is C23H24NO3. The molecule has 3 rings (SSSR count). The normalized spacial score (nSPS) is 10.6. The molecular weight excluding hydrogens is 338 g/mol. The number of nitrogens with zero attached hydrogens (tertiary/aromatic N) is 1. The van der Waals surface area contributed by atoms with Gasteiger partial charge in [-0.15, -0.1) is 0 Å². The number of pyridine rings is 1. The van der Waals surface area contributed by atoms with Gasteiger partial charge < -0.3 is 14.2 Å². The fraction of sp³-hybridized carbons (Fsp3) is 0.261. The molecule has 0 saturated carbocycles. The van der Waals surface area contributed by atoms with Crippen molar-refractivity contribution in [2.45, 2.75) is 20.8 Å². The van der Waals surface area contributed by atoms with Gasteiger partial charge in [0.25, 0.3) is 0 Å². The molecule has 0 bridgehead atoms. The summed E-state index contributed by atoms with van der Waals surface area (Å²) in [5, 5.41) is 0. The van der Waals surface area contributed by atoms with E-state index in [4.69, 9.17) is 14.2 Å². The highest BCUT2D eigenvalue weighted by Gasteiger charge is 2.19. The van der Waals surface area contributed by atoms with Crippen LogP contribution in [0.15, 0.2) is 36.4 Å². The Labute approximate surface area is 160 Å². The molecule has 0 aliphatic heterocycles. The number of aromatic nitrogens is 1. The summed E-state index contributed by atoms with van der Waals surface area (Å²) in [5.41, 5.74) is 7.19. The molecule has 0 saturated heterocycles. The first kappa shape index (κ1) is 18.8. The molecule has 0 aliphatic carbocycles. The van der Waals surface area contributed by atoms with Crippen molar-refractivity contribution in [2.75, 3.05) is 21.3 Å². The van der Waals surface area contributed by atoms with Gasteiger partial charge in [-0.05, 0) is 72.9 Å². The van der Waals surface area contributed by atoms with Crippen LogP contribution in [0.1, 0.15) is 16.7 Å². The van der Waals surface area contributed by atoms with Gasteiger partial charge in [-0.3, -0.25) is 0 Å². The molecule has 0 fully saturated rings. The second kappa shape index (κ2) is 7.70. The van der Waals surface area contributed by atoms with E-state index in [-0.39, 0.29) is 0 Å². The Morgan fingerprint density at radius 3 is 1.67 bits per heavy atom. The second-order valence-corrected chi connectivity index (χ2v) is 6.48. The van der Waals surface area contributed by atoms with Crippen LogP contribution in [0, 0.1) is 27.0 Å². The lowest BCUT2D eigenvalue weighted by atomic mass is 9.91.